The van der Waals surface area contributed by atoms with Crippen molar-refractivity contribution in [1.29, 1.82) is 0 Å². The van der Waals surface area contributed by atoms with Crippen molar-refractivity contribution in [2.75, 3.05) is 13.7 Å². The van der Waals surface area contributed by atoms with Gasteiger partial charge in [-0.05, 0) is 61.9 Å². The van der Waals surface area contributed by atoms with E-state index in [4.69, 9.17) is 9.72 Å². The highest BCUT2D eigenvalue weighted by atomic mass is 16.5. The second-order valence-electron chi connectivity index (χ2n) is 7.61. The van der Waals surface area contributed by atoms with Crippen molar-refractivity contribution in [3.05, 3.63) is 81.7 Å². The molecule has 1 aromatic carbocycles. The van der Waals surface area contributed by atoms with E-state index in [-0.39, 0.29) is 6.04 Å². The highest BCUT2D eigenvalue weighted by Crippen LogP contribution is 2.36. The van der Waals surface area contributed by atoms with Crippen molar-refractivity contribution in [3.63, 3.8) is 0 Å². The van der Waals surface area contributed by atoms with E-state index in [0.29, 0.717) is 28.8 Å². The zero-order valence-corrected chi connectivity index (χ0v) is 18.0. The van der Waals surface area contributed by atoms with E-state index in [1.165, 1.54) is 0 Å². The molecule has 3 aromatic rings. The molecule has 0 aliphatic carbocycles. The quantitative estimate of drug-likeness (QED) is 0.611. The lowest BCUT2D eigenvalue weighted by Gasteiger charge is -2.19. The number of nitroso groups, excluding NO2 is 1. The number of amides is 1. The number of benzene rings is 1. The minimum absolute atomic E-state index is 0.137. The number of pyridine rings is 1. The fourth-order valence-electron chi connectivity index (χ4n) is 4.33. The molecule has 7 heteroatoms. The largest absolute Gasteiger partial charge is 0.497 e. The average molecular weight is 416 g/mol. The second kappa shape index (κ2) is 8.18. The third kappa shape index (κ3) is 3.42. The van der Waals surface area contributed by atoms with E-state index in [2.05, 4.69) is 10.5 Å². The normalized spacial score (nSPS) is 14.1. The Labute approximate surface area is 180 Å². The van der Waals surface area contributed by atoms with Crippen LogP contribution in [0.2, 0.25) is 0 Å². The lowest BCUT2D eigenvalue weighted by molar-refractivity contribution is 0.100. The fraction of sp³-hybridized carbons (Fsp3) is 0.250. The SMILES string of the molecule is COc1cccc(C(C)n2c(C)c(C(=O)N=O)c3c(C)c(C4=CC=CNC4)cnc32)c1. The Kier molecular flexibility index (Phi) is 5.42. The zero-order valence-electron chi connectivity index (χ0n) is 18.0. The Morgan fingerprint density at radius 3 is 2.81 bits per heavy atom. The molecule has 0 bridgehead atoms. The van der Waals surface area contributed by atoms with Crippen LogP contribution in [0, 0.1) is 18.8 Å². The van der Waals surface area contributed by atoms with Gasteiger partial charge < -0.3 is 14.6 Å². The van der Waals surface area contributed by atoms with Crippen molar-refractivity contribution in [1.82, 2.24) is 14.9 Å². The third-order valence-electron chi connectivity index (χ3n) is 5.93. The van der Waals surface area contributed by atoms with E-state index < -0.39 is 5.91 Å². The molecule has 1 unspecified atom stereocenters. The summed E-state index contributed by atoms with van der Waals surface area (Å²) in [4.78, 5) is 28.6. The van der Waals surface area contributed by atoms with Crippen molar-refractivity contribution >= 4 is 22.5 Å². The number of fused-ring (bicyclic) bond motifs is 1. The predicted molar refractivity (Wildman–Crippen MR) is 121 cm³/mol. The van der Waals surface area contributed by atoms with Crippen LogP contribution in [-0.2, 0) is 0 Å². The van der Waals surface area contributed by atoms with Crippen LogP contribution >= 0.6 is 0 Å². The molecule has 0 saturated heterocycles. The fourth-order valence-corrected chi connectivity index (χ4v) is 4.33. The smallest absolute Gasteiger partial charge is 0.319 e. The van der Waals surface area contributed by atoms with Crippen LogP contribution in [0.15, 0.2) is 54.0 Å². The van der Waals surface area contributed by atoms with Gasteiger partial charge in [-0.15, -0.1) is 4.91 Å². The molecular formula is C24H24N4O3. The molecule has 1 atom stereocenters. The first-order valence-electron chi connectivity index (χ1n) is 10.1. The Morgan fingerprint density at radius 1 is 1.32 bits per heavy atom. The summed E-state index contributed by atoms with van der Waals surface area (Å²) in [6, 6.07) is 7.64. The van der Waals surface area contributed by atoms with Crippen molar-refractivity contribution in [3.8, 4) is 5.75 Å². The van der Waals surface area contributed by atoms with Gasteiger partial charge in [-0.2, -0.15) is 0 Å². The molecule has 4 rings (SSSR count). The topological polar surface area (TPSA) is 85.6 Å². The van der Waals surface area contributed by atoms with Gasteiger partial charge in [-0.3, -0.25) is 4.79 Å². The number of aromatic nitrogens is 2. The number of hydrogen-bond acceptors (Lipinski definition) is 5. The number of carbonyl (C=O) groups excluding carboxylic acids is 1. The number of carbonyl (C=O) groups is 1. The number of aryl methyl sites for hydroxylation is 1. The lowest BCUT2D eigenvalue weighted by Crippen LogP contribution is -2.13. The van der Waals surface area contributed by atoms with Crippen LogP contribution in [0.1, 0.15) is 45.7 Å². The molecule has 1 aliphatic rings. The molecule has 0 spiro atoms. The number of nitrogens with one attached hydrogen (secondary N) is 1. The van der Waals surface area contributed by atoms with Crippen molar-refractivity contribution in [2.24, 2.45) is 5.18 Å². The highest BCUT2D eigenvalue weighted by molar-refractivity contribution is 6.10. The number of methoxy groups -OCH3 is 1. The minimum Gasteiger partial charge on any atom is -0.497 e. The lowest BCUT2D eigenvalue weighted by atomic mass is 9.97. The number of nitrogens with zero attached hydrogens (tertiary/aromatic N) is 3. The summed E-state index contributed by atoms with van der Waals surface area (Å²) < 4.78 is 7.36. The number of rotatable bonds is 5. The highest BCUT2D eigenvalue weighted by Gasteiger charge is 2.27. The molecular weight excluding hydrogens is 392 g/mol. The maximum absolute atomic E-state index is 12.6. The van der Waals surface area contributed by atoms with Gasteiger partial charge in [0.25, 0.3) is 0 Å². The van der Waals surface area contributed by atoms with Gasteiger partial charge >= 0.3 is 5.91 Å². The van der Waals surface area contributed by atoms with Crippen LogP contribution in [0.5, 0.6) is 5.75 Å². The first kappa shape index (κ1) is 20.5. The Hall–Kier alpha value is -3.74. The van der Waals surface area contributed by atoms with Crippen LogP contribution < -0.4 is 10.1 Å². The zero-order chi connectivity index (χ0) is 22.1. The first-order chi connectivity index (χ1) is 15.0. The standard InChI is InChI=1S/C24H24N4O3/c1-14-20(18-8-6-10-25-12-18)13-26-23-21(14)22(24(29)27-30)16(3)28(23)15(2)17-7-5-9-19(11-17)31-4/h5-11,13,15,25H,12H2,1-4H3. The molecule has 0 radical (unpaired) electrons. The molecule has 3 heterocycles. The molecule has 0 saturated carbocycles. The summed E-state index contributed by atoms with van der Waals surface area (Å²) >= 11 is 0. The van der Waals surface area contributed by atoms with Gasteiger partial charge in [0.1, 0.15) is 11.4 Å². The summed E-state index contributed by atoms with van der Waals surface area (Å²) in [5.74, 6) is -0.0303. The van der Waals surface area contributed by atoms with Gasteiger partial charge in [0.2, 0.25) is 0 Å². The third-order valence-corrected chi connectivity index (χ3v) is 5.93. The first-order valence-corrected chi connectivity index (χ1v) is 10.1. The van der Waals surface area contributed by atoms with Crippen molar-refractivity contribution < 1.29 is 9.53 Å². The molecule has 2 aromatic heterocycles. The van der Waals surface area contributed by atoms with Crippen LogP contribution in [0.4, 0.5) is 0 Å². The van der Waals surface area contributed by atoms with Crippen molar-refractivity contribution in [2.45, 2.75) is 26.8 Å². The maximum Gasteiger partial charge on any atom is 0.319 e. The summed E-state index contributed by atoms with van der Waals surface area (Å²) in [7, 11) is 1.63. The molecule has 158 valence electrons. The summed E-state index contributed by atoms with van der Waals surface area (Å²) in [5, 5.41) is 6.60. The van der Waals surface area contributed by atoms with E-state index in [1.807, 2.05) is 74.2 Å². The number of ether oxygens (including phenoxy) is 1. The monoisotopic (exact) mass is 416 g/mol. The van der Waals surface area contributed by atoms with E-state index >= 15 is 0 Å². The maximum atomic E-state index is 12.6. The molecule has 1 amide bonds. The Balaban J connectivity index is 1.98. The number of hydrogen-bond donors (Lipinski definition) is 1. The molecule has 1 aliphatic heterocycles. The van der Waals surface area contributed by atoms with Gasteiger partial charge in [0, 0.05) is 34.6 Å². The summed E-state index contributed by atoms with van der Waals surface area (Å²) in [6.45, 7) is 6.49. The second-order valence-corrected chi connectivity index (χ2v) is 7.61. The number of dihydropyridines is 1. The van der Waals surface area contributed by atoms with Gasteiger partial charge in [0.15, 0.2) is 0 Å². The Morgan fingerprint density at radius 2 is 2.13 bits per heavy atom. The molecule has 7 nitrogen and oxygen atoms in total. The van der Waals surface area contributed by atoms with Crippen LogP contribution in [-0.4, -0.2) is 29.1 Å². The van der Waals surface area contributed by atoms with Gasteiger partial charge in [-0.1, -0.05) is 18.2 Å². The average Bonchev–Trinajstić information content (AvgIpc) is 3.11. The van der Waals surface area contributed by atoms with Crippen LogP contribution in [0.3, 0.4) is 0 Å². The van der Waals surface area contributed by atoms with Gasteiger partial charge in [-0.25, -0.2) is 4.98 Å². The summed E-state index contributed by atoms with van der Waals surface area (Å²) in [6.07, 6.45) is 7.67. The Bertz CT molecular complexity index is 1250. The molecule has 0 fully saturated rings. The van der Waals surface area contributed by atoms with Gasteiger partial charge in [0.05, 0.1) is 18.7 Å². The molecule has 1 N–H and O–H groups in total. The van der Waals surface area contributed by atoms with E-state index in [1.54, 1.807) is 7.11 Å². The molecule has 31 heavy (non-hydrogen) atoms. The number of allylic oxidation sites excluding steroid dienone is 2. The minimum atomic E-state index is -0.781. The summed E-state index contributed by atoms with van der Waals surface area (Å²) in [5.41, 5.74) is 5.55. The van der Waals surface area contributed by atoms with E-state index in [0.717, 1.165) is 28.0 Å². The predicted octanol–water partition coefficient (Wildman–Crippen LogP) is 4.68. The van der Waals surface area contributed by atoms with Crippen LogP contribution in [0.25, 0.3) is 16.6 Å². The van der Waals surface area contributed by atoms with E-state index in [9.17, 15) is 9.70 Å².